The van der Waals surface area contributed by atoms with Crippen LogP contribution in [0, 0.1) is 11.3 Å². The third-order valence-electron chi connectivity index (χ3n) is 2.10. The molecular weight excluding hydrogens is 300 g/mol. The average Bonchev–Trinajstić information content (AvgIpc) is 2.83. The Morgan fingerprint density at radius 2 is 2.24 bits per heavy atom. The molecule has 0 aliphatic carbocycles. The van der Waals surface area contributed by atoms with Crippen LogP contribution in [0.1, 0.15) is 15.2 Å². The molecule has 3 nitrogen and oxygen atoms in total. The Morgan fingerprint density at radius 3 is 2.88 bits per heavy atom. The third kappa shape index (κ3) is 2.73. The van der Waals surface area contributed by atoms with Gasteiger partial charge in [0, 0.05) is 4.47 Å². The summed E-state index contributed by atoms with van der Waals surface area (Å²) >= 11 is 4.67. The maximum absolute atomic E-state index is 11.8. The van der Waals surface area contributed by atoms with Crippen LogP contribution in [0.3, 0.4) is 0 Å². The van der Waals surface area contributed by atoms with Crippen molar-refractivity contribution in [1.29, 1.82) is 5.26 Å². The first kappa shape index (κ1) is 11.8. The van der Waals surface area contributed by atoms with Crippen LogP contribution >= 0.6 is 27.3 Å². The molecule has 0 bridgehead atoms. The predicted molar refractivity (Wildman–Crippen MR) is 71.1 cm³/mol. The molecule has 1 aromatic heterocycles. The molecule has 5 heteroatoms. The SMILES string of the molecule is N#Cc1ccc(Br)cc1NC(=O)c1cccs1. The molecule has 1 amide bonds. The van der Waals surface area contributed by atoms with E-state index in [-0.39, 0.29) is 5.91 Å². The summed E-state index contributed by atoms with van der Waals surface area (Å²) in [5, 5.41) is 13.5. The monoisotopic (exact) mass is 306 g/mol. The fraction of sp³-hybridized carbons (Fsp3) is 0. The van der Waals surface area contributed by atoms with Gasteiger partial charge in [-0.1, -0.05) is 22.0 Å². The average molecular weight is 307 g/mol. The second-order valence-corrected chi connectivity index (χ2v) is 5.10. The maximum atomic E-state index is 11.8. The van der Waals surface area contributed by atoms with Crippen LogP contribution in [0.25, 0.3) is 0 Å². The fourth-order valence-electron chi connectivity index (χ4n) is 1.31. The predicted octanol–water partition coefficient (Wildman–Crippen LogP) is 3.63. The van der Waals surface area contributed by atoms with E-state index in [1.807, 2.05) is 17.5 Å². The van der Waals surface area contributed by atoms with Gasteiger partial charge in [0.05, 0.1) is 16.1 Å². The zero-order valence-corrected chi connectivity index (χ0v) is 11.0. The largest absolute Gasteiger partial charge is 0.320 e. The minimum absolute atomic E-state index is 0.199. The van der Waals surface area contributed by atoms with Crippen LogP contribution in [0.4, 0.5) is 5.69 Å². The number of benzene rings is 1. The number of carbonyl (C=O) groups is 1. The van der Waals surface area contributed by atoms with Crippen molar-refractivity contribution in [2.75, 3.05) is 5.32 Å². The second-order valence-electron chi connectivity index (χ2n) is 3.23. The smallest absolute Gasteiger partial charge is 0.265 e. The van der Waals surface area contributed by atoms with Crippen LogP contribution in [0.15, 0.2) is 40.2 Å². The van der Waals surface area contributed by atoms with Gasteiger partial charge in [-0.05, 0) is 29.6 Å². The number of rotatable bonds is 2. The first-order valence-electron chi connectivity index (χ1n) is 4.75. The van der Waals surface area contributed by atoms with E-state index in [0.29, 0.717) is 16.1 Å². The van der Waals surface area contributed by atoms with Gasteiger partial charge in [0.1, 0.15) is 6.07 Å². The number of amides is 1. The summed E-state index contributed by atoms with van der Waals surface area (Å²) in [7, 11) is 0. The molecule has 2 rings (SSSR count). The van der Waals surface area contributed by atoms with Gasteiger partial charge in [0.15, 0.2) is 0 Å². The molecule has 1 heterocycles. The molecule has 0 aliphatic heterocycles. The van der Waals surface area contributed by atoms with E-state index >= 15 is 0 Å². The van der Waals surface area contributed by atoms with Gasteiger partial charge in [-0.2, -0.15) is 5.26 Å². The van der Waals surface area contributed by atoms with Crippen LogP contribution < -0.4 is 5.32 Å². The Kier molecular flexibility index (Phi) is 3.57. The van der Waals surface area contributed by atoms with E-state index in [1.165, 1.54) is 11.3 Å². The van der Waals surface area contributed by atoms with Crippen molar-refractivity contribution in [2.45, 2.75) is 0 Å². The number of halogens is 1. The summed E-state index contributed by atoms with van der Waals surface area (Å²) < 4.78 is 0.818. The molecular formula is C12H7BrN2OS. The van der Waals surface area contributed by atoms with Crippen molar-refractivity contribution in [3.63, 3.8) is 0 Å². The van der Waals surface area contributed by atoms with Gasteiger partial charge in [0.2, 0.25) is 0 Å². The van der Waals surface area contributed by atoms with Crippen molar-refractivity contribution in [3.05, 3.63) is 50.6 Å². The standard InChI is InChI=1S/C12H7BrN2OS/c13-9-4-3-8(7-14)10(6-9)15-12(16)11-2-1-5-17-11/h1-6H,(H,15,16). The Morgan fingerprint density at radius 1 is 1.41 bits per heavy atom. The van der Waals surface area contributed by atoms with Gasteiger partial charge < -0.3 is 5.32 Å². The highest BCUT2D eigenvalue weighted by atomic mass is 79.9. The zero-order valence-electron chi connectivity index (χ0n) is 8.61. The third-order valence-corrected chi connectivity index (χ3v) is 3.46. The van der Waals surface area contributed by atoms with Gasteiger partial charge in [-0.3, -0.25) is 4.79 Å². The number of thiophene rings is 1. The van der Waals surface area contributed by atoms with Crippen LogP contribution in [-0.4, -0.2) is 5.91 Å². The number of nitrogens with one attached hydrogen (secondary N) is 1. The Balaban J connectivity index is 2.27. The summed E-state index contributed by atoms with van der Waals surface area (Å²) in [5.74, 6) is -0.199. The normalized spacial score (nSPS) is 9.65. The second kappa shape index (κ2) is 5.13. The number of nitriles is 1. The molecule has 1 aromatic carbocycles. The van der Waals surface area contributed by atoms with E-state index in [1.54, 1.807) is 24.3 Å². The fourth-order valence-corrected chi connectivity index (χ4v) is 2.29. The lowest BCUT2D eigenvalue weighted by atomic mass is 10.2. The van der Waals surface area contributed by atoms with E-state index < -0.39 is 0 Å². The zero-order chi connectivity index (χ0) is 12.3. The molecule has 2 aromatic rings. The van der Waals surface area contributed by atoms with Crippen molar-refractivity contribution in [3.8, 4) is 6.07 Å². The highest BCUT2D eigenvalue weighted by Gasteiger charge is 2.10. The molecule has 0 fully saturated rings. The molecule has 17 heavy (non-hydrogen) atoms. The lowest BCUT2D eigenvalue weighted by molar-refractivity contribution is 0.103. The molecule has 1 N–H and O–H groups in total. The molecule has 0 saturated carbocycles. The minimum Gasteiger partial charge on any atom is -0.320 e. The summed E-state index contributed by atoms with van der Waals surface area (Å²) in [6.45, 7) is 0. The van der Waals surface area contributed by atoms with E-state index in [2.05, 4.69) is 21.2 Å². The number of carbonyl (C=O) groups excluding carboxylic acids is 1. The number of anilines is 1. The maximum Gasteiger partial charge on any atom is 0.265 e. The lowest BCUT2D eigenvalue weighted by Crippen LogP contribution is -2.11. The van der Waals surface area contributed by atoms with Crippen molar-refractivity contribution >= 4 is 38.9 Å². The van der Waals surface area contributed by atoms with Crippen LogP contribution in [-0.2, 0) is 0 Å². The molecule has 0 unspecified atom stereocenters. The summed E-state index contributed by atoms with van der Waals surface area (Å²) in [5.41, 5.74) is 0.957. The van der Waals surface area contributed by atoms with Crippen molar-refractivity contribution < 1.29 is 4.79 Å². The quantitative estimate of drug-likeness (QED) is 0.921. The molecule has 84 valence electrons. The van der Waals surface area contributed by atoms with Gasteiger partial charge >= 0.3 is 0 Å². The Bertz CT molecular complexity index is 587. The van der Waals surface area contributed by atoms with Crippen LogP contribution in [0.2, 0.25) is 0 Å². The molecule has 0 spiro atoms. The summed E-state index contributed by atoms with van der Waals surface area (Å²) in [4.78, 5) is 12.4. The van der Waals surface area contributed by atoms with E-state index in [9.17, 15) is 4.79 Å². The first-order chi connectivity index (χ1) is 8.20. The van der Waals surface area contributed by atoms with Gasteiger partial charge in [-0.15, -0.1) is 11.3 Å². The number of nitrogens with zero attached hydrogens (tertiary/aromatic N) is 1. The van der Waals surface area contributed by atoms with E-state index in [4.69, 9.17) is 5.26 Å². The highest BCUT2D eigenvalue weighted by molar-refractivity contribution is 9.10. The van der Waals surface area contributed by atoms with E-state index in [0.717, 1.165) is 4.47 Å². The number of hydrogen-bond acceptors (Lipinski definition) is 3. The van der Waals surface area contributed by atoms with Gasteiger partial charge in [-0.25, -0.2) is 0 Å². The topological polar surface area (TPSA) is 52.9 Å². The van der Waals surface area contributed by atoms with Crippen LogP contribution in [0.5, 0.6) is 0 Å². The Hall–Kier alpha value is -1.64. The molecule has 0 aliphatic rings. The minimum atomic E-state index is -0.199. The van der Waals surface area contributed by atoms with Gasteiger partial charge in [0.25, 0.3) is 5.91 Å². The summed E-state index contributed by atoms with van der Waals surface area (Å²) in [6, 6.07) is 10.7. The highest BCUT2D eigenvalue weighted by Crippen LogP contribution is 2.22. The van der Waals surface area contributed by atoms with Crippen molar-refractivity contribution in [2.24, 2.45) is 0 Å². The Labute approximate surface area is 111 Å². The lowest BCUT2D eigenvalue weighted by Gasteiger charge is -2.06. The molecule has 0 atom stereocenters. The number of hydrogen-bond donors (Lipinski definition) is 1. The van der Waals surface area contributed by atoms with Crippen molar-refractivity contribution in [1.82, 2.24) is 0 Å². The molecule has 0 radical (unpaired) electrons. The molecule has 0 saturated heterocycles. The summed E-state index contributed by atoms with van der Waals surface area (Å²) in [6.07, 6.45) is 0. The first-order valence-corrected chi connectivity index (χ1v) is 6.42.